The molecule has 0 saturated heterocycles. The lowest BCUT2D eigenvalue weighted by Crippen LogP contribution is -2.65. The molecule has 1 fully saturated rings. The van der Waals surface area contributed by atoms with Gasteiger partial charge in [0.15, 0.2) is 5.69 Å². The molecular weight excluding hydrogens is 403 g/mol. The van der Waals surface area contributed by atoms with E-state index in [1.165, 1.54) is 47.0 Å². The Balaban J connectivity index is 1.75. The first kappa shape index (κ1) is 21.0. The molecule has 1 aliphatic carbocycles. The van der Waals surface area contributed by atoms with Crippen molar-refractivity contribution in [2.24, 2.45) is 0 Å². The van der Waals surface area contributed by atoms with Gasteiger partial charge in [0.05, 0.1) is 13.7 Å². The van der Waals surface area contributed by atoms with Gasteiger partial charge in [-0.05, 0) is 44.0 Å². The maximum absolute atomic E-state index is 13.5. The average molecular weight is 428 g/mol. The molecule has 1 aromatic carbocycles. The van der Waals surface area contributed by atoms with Gasteiger partial charge in [0.2, 0.25) is 5.91 Å². The number of aromatic nitrogens is 2. The van der Waals surface area contributed by atoms with Crippen LogP contribution in [0.3, 0.4) is 0 Å². The molecule has 2 heterocycles. The summed E-state index contributed by atoms with van der Waals surface area (Å²) in [6, 6.07) is 6.82. The van der Waals surface area contributed by atoms with Crippen LogP contribution in [0.25, 0.3) is 0 Å². The van der Waals surface area contributed by atoms with Crippen molar-refractivity contribution in [1.29, 1.82) is 0 Å². The summed E-state index contributed by atoms with van der Waals surface area (Å²) in [6.45, 7) is 1.70. The van der Waals surface area contributed by atoms with E-state index in [1.807, 2.05) is 0 Å². The number of hydrogen-bond donors (Lipinski definition) is 1. The Morgan fingerprint density at radius 2 is 1.87 bits per heavy atom. The van der Waals surface area contributed by atoms with Gasteiger partial charge in [-0.1, -0.05) is 19.3 Å². The summed E-state index contributed by atoms with van der Waals surface area (Å²) in [6.07, 6.45) is 5.04. The first-order valence-electron chi connectivity index (χ1n) is 10.4. The van der Waals surface area contributed by atoms with Gasteiger partial charge in [0.25, 0.3) is 5.91 Å². The normalized spacial score (nSPS) is 21.5. The Kier molecular flexibility index (Phi) is 5.51. The van der Waals surface area contributed by atoms with E-state index in [4.69, 9.17) is 4.74 Å². The zero-order valence-corrected chi connectivity index (χ0v) is 17.6. The van der Waals surface area contributed by atoms with Crippen molar-refractivity contribution in [3.8, 4) is 0 Å². The maximum Gasteiger partial charge on any atom is 0.358 e. The largest absolute Gasteiger partial charge is 0.464 e. The van der Waals surface area contributed by atoms with E-state index < -0.39 is 23.2 Å². The summed E-state index contributed by atoms with van der Waals surface area (Å²) in [5, 5.41) is 7.29. The van der Waals surface area contributed by atoms with Gasteiger partial charge in [-0.2, -0.15) is 5.10 Å². The Bertz CT molecular complexity index is 1010. The van der Waals surface area contributed by atoms with E-state index in [0.29, 0.717) is 5.69 Å². The van der Waals surface area contributed by atoms with Crippen LogP contribution >= 0.6 is 0 Å². The summed E-state index contributed by atoms with van der Waals surface area (Å²) < 4.78 is 19.6. The topological polar surface area (TPSA) is 93.5 Å². The van der Waals surface area contributed by atoms with E-state index in [-0.39, 0.29) is 29.9 Å². The third-order valence-electron chi connectivity index (χ3n) is 6.06. The first-order valence-corrected chi connectivity index (χ1v) is 10.4. The number of benzene rings is 1. The highest BCUT2D eigenvalue weighted by atomic mass is 19.1. The second kappa shape index (κ2) is 8.13. The lowest BCUT2D eigenvalue weighted by atomic mass is 9.91. The van der Waals surface area contributed by atoms with Gasteiger partial charge < -0.3 is 10.1 Å². The SMILES string of the molecule is COC(=O)c1cc2n(n1)C[C@](C)(C(=O)NC1CCCCC1)N(c1ccc(F)cc1)C2=O. The van der Waals surface area contributed by atoms with Gasteiger partial charge in [-0.25, -0.2) is 9.18 Å². The van der Waals surface area contributed by atoms with Gasteiger partial charge in [0.1, 0.15) is 17.1 Å². The molecule has 1 atom stereocenters. The molecule has 2 aliphatic rings. The number of nitrogens with zero attached hydrogens (tertiary/aromatic N) is 3. The van der Waals surface area contributed by atoms with Crippen LogP contribution in [0.4, 0.5) is 10.1 Å². The number of hydrogen-bond acceptors (Lipinski definition) is 5. The fraction of sp³-hybridized carbons (Fsp3) is 0.455. The number of amides is 2. The number of methoxy groups -OCH3 is 1. The Labute approximate surface area is 179 Å². The summed E-state index contributed by atoms with van der Waals surface area (Å²) in [4.78, 5) is 40.3. The smallest absolute Gasteiger partial charge is 0.358 e. The van der Waals surface area contributed by atoms with Crippen LogP contribution in [0.2, 0.25) is 0 Å². The minimum Gasteiger partial charge on any atom is -0.464 e. The first-order chi connectivity index (χ1) is 14.8. The van der Waals surface area contributed by atoms with Crippen molar-refractivity contribution in [3.05, 3.63) is 47.5 Å². The minimum atomic E-state index is -1.32. The molecule has 1 saturated carbocycles. The fourth-order valence-corrected chi connectivity index (χ4v) is 4.37. The number of halogens is 1. The number of nitrogens with one attached hydrogen (secondary N) is 1. The lowest BCUT2D eigenvalue weighted by Gasteiger charge is -2.44. The van der Waals surface area contributed by atoms with Crippen molar-refractivity contribution in [2.45, 2.75) is 57.2 Å². The lowest BCUT2D eigenvalue weighted by molar-refractivity contribution is -0.127. The van der Waals surface area contributed by atoms with Crippen LogP contribution in [-0.4, -0.2) is 46.3 Å². The maximum atomic E-state index is 13.5. The van der Waals surface area contributed by atoms with Gasteiger partial charge >= 0.3 is 5.97 Å². The predicted octanol–water partition coefficient (Wildman–Crippen LogP) is 2.68. The molecule has 2 amide bonds. The number of rotatable bonds is 4. The van der Waals surface area contributed by atoms with E-state index in [1.54, 1.807) is 6.92 Å². The Morgan fingerprint density at radius 3 is 2.52 bits per heavy atom. The monoisotopic (exact) mass is 428 g/mol. The van der Waals surface area contributed by atoms with Crippen LogP contribution in [0.1, 0.15) is 60.0 Å². The van der Waals surface area contributed by atoms with Gasteiger partial charge in [-0.15, -0.1) is 0 Å². The standard InChI is InChI=1S/C22H25FN4O4/c1-22(21(30)24-15-6-4-3-5-7-15)13-26-18(12-17(25-26)20(29)31-2)19(28)27(22)16-10-8-14(23)9-11-16/h8-12,15H,3-7,13H2,1-2H3,(H,24,30)/t22-/m1/s1. The highest BCUT2D eigenvalue weighted by Crippen LogP contribution is 2.33. The predicted molar refractivity (Wildman–Crippen MR) is 110 cm³/mol. The van der Waals surface area contributed by atoms with Crippen molar-refractivity contribution in [1.82, 2.24) is 15.1 Å². The van der Waals surface area contributed by atoms with Crippen LogP contribution in [0, 0.1) is 5.82 Å². The molecule has 1 aromatic heterocycles. The molecule has 4 rings (SSSR count). The third kappa shape index (κ3) is 3.80. The van der Waals surface area contributed by atoms with Crippen LogP contribution in [0.5, 0.6) is 0 Å². The fourth-order valence-electron chi connectivity index (χ4n) is 4.37. The molecule has 1 N–H and O–H groups in total. The molecule has 9 heteroatoms. The van der Waals surface area contributed by atoms with Crippen LogP contribution < -0.4 is 10.2 Å². The van der Waals surface area contributed by atoms with Gasteiger partial charge in [0, 0.05) is 17.8 Å². The molecule has 0 radical (unpaired) electrons. The molecule has 0 unspecified atom stereocenters. The summed E-state index contributed by atoms with van der Waals surface area (Å²) in [5.41, 5.74) is -0.784. The summed E-state index contributed by atoms with van der Waals surface area (Å²) in [5.74, 6) is -1.92. The molecule has 8 nitrogen and oxygen atoms in total. The van der Waals surface area contributed by atoms with Crippen molar-refractivity contribution >= 4 is 23.5 Å². The molecule has 0 spiro atoms. The molecule has 31 heavy (non-hydrogen) atoms. The highest BCUT2D eigenvalue weighted by Gasteiger charge is 2.49. The quantitative estimate of drug-likeness (QED) is 0.756. The number of ether oxygens (including phenoxy) is 1. The molecule has 0 bridgehead atoms. The third-order valence-corrected chi connectivity index (χ3v) is 6.06. The molecule has 164 valence electrons. The number of esters is 1. The van der Waals surface area contributed by atoms with Crippen LogP contribution in [-0.2, 0) is 16.1 Å². The molecule has 1 aliphatic heterocycles. The highest BCUT2D eigenvalue weighted by molar-refractivity contribution is 6.12. The van der Waals surface area contributed by atoms with Crippen molar-refractivity contribution in [2.75, 3.05) is 12.0 Å². The minimum absolute atomic E-state index is 0.0122. The summed E-state index contributed by atoms with van der Waals surface area (Å²) >= 11 is 0. The molecular formula is C22H25FN4O4. The number of fused-ring (bicyclic) bond motifs is 1. The van der Waals surface area contributed by atoms with E-state index in [2.05, 4.69) is 10.4 Å². The second-order valence-corrected chi connectivity index (χ2v) is 8.26. The zero-order chi connectivity index (χ0) is 22.2. The van der Waals surface area contributed by atoms with E-state index in [9.17, 15) is 18.8 Å². The number of anilines is 1. The molecule has 2 aromatic rings. The Morgan fingerprint density at radius 1 is 1.19 bits per heavy atom. The van der Waals surface area contributed by atoms with Crippen LogP contribution in [0.15, 0.2) is 30.3 Å². The summed E-state index contributed by atoms with van der Waals surface area (Å²) in [7, 11) is 1.23. The second-order valence-electron chi connectivity index (χ2n) is 8.26. The van der Waals surface area contributed by atoms with Crippen molar-refractivity contribution in [3.63, 3.8) is 0 Å². The average Bonchev–Trinajstić information content (AvgIpc) is 3.19. The van der Waals surface area contributed by atoms with E-state index in [0.717, 1.165) is 32.1 Å². The number of carbonyl (C=O) groups excluding carboxylic acids is 3. The Hall–Kier alpha value is -3.23. The van der Waals surface area contributed by atoms with Crippen molar-refractivity contribution < 1.29 is 23.5 Å². The van der Waals surface area contributed by atoms with Gasteiger partial charge in [-0.3, -0.25) is 19.2 Å². The van der Waals surface area contributed by atoms with E-state index >= 15 is 0 Å². The zero-order valence-electron chi connectivity index (χ0n) is 17.6. The number of carbonyl (C=O) groups is 3.